The third-order valence-corrected chi connectivity index (χ3v) is 0.830. The average Bonchev–Trinajstić information content (AvgIpc) is 1.87. The van der Waals surface area contributed by atoms with Gasteiger partial charge in [0.1, 0.15) is 0 Å². The second-order valence-electron chi connectivity index (χ2n) is 1.61. The fourth-order valence-corrected chi connectivity index (χ4v) is 0.341. The zero-order chi connectivity index (χ0) is 8.15. The van der Waals surface area contributed by atoms with E-state index in [1.165, 1.54) is 6.92 Å². The molecule has 0 saturated heterocycles. The minimum atomic E-state index is -2.85. The van der Waals surface area contributed by atoms with Gasteiger partial charge in [-0.2, -0.15) is 0 Å². The number of alkyl halides is 2. The van der Waals surface area contributed by atoms with Crippen molar-refractivity contribution in [1.29, 1.82) is 0 Å². The van der Waals surface area contributed by atoms with E-state index < -0.39 is 18.4 Å². The summed E-state index contributed by atoms with van der Waals surface area (Å²) in [5.41, 5.74) is 4.72. The molecule has 0 fully saturated rings. The maximum atomic E-state index is 11.6. The van der Waals surface area contributed by atoms with E-state index in [0.29, 0.717) is 0 Å². The molecule has 0 heterocycles. The molecule has 0 aliphatic carbocycles. The highest BCUT2D eigenvalue weighted by atomic mass is 35.5. The van der Waals surface area contributed by atoms with Crippen LogP contribution in [0.1, 0.15) is 6.92 Å². The van der Waals surface area contributed by atoms with E-state index in [1.807, 2.05) is 0 Å². The summed E-state index contributed by atoms with van der Waals surface area (Å²) in [4.78, 5) is 10.4. The van der Waals surface area contributed by atoms with Crippen LogP contribution in [0.2, 0.25) is 0 Å². The third-order valence-electron chi connectivity index (χ3n) is 0.830. The van der Waals surface area contributed by atoms with Gasteiger partial charge in [0.25, 0.3) is 6.43 Å². The van der Waals surface area contributed by atoms with E-state index in [0.717, 1.165) is 0 Å². The van der Waals surface area contributed by atoms with Crippen molar-refractivity contribution in [3.63, 3.8) is 0 Å². The molecule has 11 heavy (non-hydrogen) atoms. The summed E-state index contributed by atoms with van der Waals surface area (Å²) in [7, 11) is 0. The van der Waals surface area contributed by atoms with Crippen molar-refractivity contribution in [2.75, 3.05) is 6.61 Å². The lowest BCUT2D eigenvalue weighted by Gasteiger charge is -2.07. The molecule has 0 rings (SSSR count). The van der Waals surface area contributed by atoms with Crippen LogP contribution in [0.5, 0.6) is 0 Å². The van der Waals surface area contributed by atoms with Gasteiger partial charge in [-0.15, -0.1) is 12.4 Å². The van der Waals surface area contributed by atoms with Gasteiger partial charge in [-0.3, -0.25) is 4.79 Å². The van der Waals surface area contributed by atoms with E-state index in [-0.39, 0.29) is 19.0 Å². The van der Waals surface area contributed by atoms with Gasteiger partial charge in [0, 0.05) is 0 Å². The Kier molecular flexibility index (Phi) is 7.55. The summed E-state index contributed by atoms with van der Waals surface area (Å²) in [5.74, 6) is -1.06. The lowest BCUT2D eigenvalue weighted by molar-refractivity contribution is -0.148. The van der Waals surface area contributed by atoms with Crippen LogP contribution in [0.3, 0.4) is 0 Å². The van der Waals surface area contributed by atoms with Crippen molar-refractivity contribution in [2.45, 2.75) is 19.4 Å². The van der Waals surface area contributed by atoms with Crippen molar-refractivity contribution in [1.82, 2.24) is 0 Å². The molecule has 0 saturated carbocycles. The number of esters is 1. The topological polar surface area (TPSA) is 52.3 Å². The number of carbonyl (C=O) groups excluding carboxylic acids is 1. The third kappa shape index (κ3) is 4.92. The van der Waals surface area contributed by atoms with E-state index in [1.54, 1.807) is 0 Å². The van der Waals surface area contributed by atoms with Crippen LogP contribution in [-0.2, 0) is 9.53 Å². The highest BCUT2D eigenvalue weighted by Crippen LogP contribution is 1.99. The van der Waals surface area contributed by atoms with Gasteiger partial charge in [-0.1, -0.05) is 0 Å². The predicted molar refractivity (Wildman–Crippen MR) is 37.9 cm³/mol. The maximum Gasteiger partial charge on any atom is 0.328 e. The zero-order valence-corrected chi connectivity index (χ0v) is 6.74. The average molecular weight is 190 g/mol. The van der Waals surface area contributed by atoms with Crippen molar-refractivity contribution in [3.8, 4) is 0 Å². The standard InChI is InChI=1S/C5H9F2NO2.ClH/c1-2-10-5(9)3(8)4(6)7;/h3-4H,2,8H2,1H3;1H/t3-;/m0./s1. The Bertz CT molecular complexity index is 123. The largest absolute Gasteiger partial charge is 0.465 e. The van der Waals surface area contributed by atoms with Gasteiger partial charge < -0.3 is 10.5 Å². The van der Waals surface area contributed by atoms with Gasteiger partial charge >= 0.3 is 5.97 Å². The minimum absolute atomic E-state index is 0. The van der Waals surface area contributed by atoms with Gasteiger partial charge in [0.15, 0.2) is 6.04 Å². The number of hydrogen-bond acceptors (Lipinski definition) is 3. The van der Waals surface area contributed by atoms with E-state index in [2.05, 4.69) is 4.74 Å². The van der Waals surface area contributed by atoms with Crippen LogP contribution in [0, 0.1) is 0 Å². The molecule has 0 aromatic heterocycles. The van der Waals surface area contributed by atoms with E-state index in [9.17, 15) is 13.6 Å². The monoisotopic (exact) mass is 189 g/mol. The molecule has 0 bridgehead atoms. The van der Waals surface area contributed by atoms with E-state index in [4.69, 9.17) is 5.73 Å². The molecule has 0 unspecified atom stereocenters. The molecule has 3 nitrogen and oxygen atoms in total. The molecule has 0 spiro atoms. The van der Waals surface area contributed by atoms with Gasteiger partial charge in [0.05, 0.1) is 6.61 Å². The maximum absolute atomic E-state index is 11.6. The molecule has 1 atom stereocenters. The molecule has 0 aliphatic heterocycles. The molecule has 6 heteroatoms. The number of rotatable bonds is 3. The predicted octanol–water partition coefficient (Wildman–Crippen LogP) is 0.564. The van der Waals surface area contributed by atoms with Crippen LogP contribution < -0.4 is 5.73 Å². The van der Waals surface area contributed by atoms with Gasteiger partial charge in [0.2, 0.25) is 0 Å². The highest BCUT2D eigenvalue weighted by molar-refractivity contribution is 5.85. The Balaban J connectivity index is 0. The molecule has 68 valence electrons. The van der Waals surface area contributed by atoms with E-state index >= 15 is 0 Å². The first-order valence-corrected chi connectivity index (χ1v) is 2.80. The first-order valence-electron chi connectivity index (χ1n) is 2.80. The first-order chi connectivity index (χ1) is 4.59. The zero-order valence-electron chi connectivity index (χ0n) is 5.92. The molecule has 0 radical (unpaired) electrons. The quantitative estimate of drug-likeness (QED) is 0.661. The minimum Gasteiger partial charge on any atom is -0.465 e. The number of ether oxygens (including phenoxy) is 1. The number of nitrogens with two attached hydrogens (primary N) is 1. The molecular weight excluding hydrogens is 180 g/mol. The van der Waals surface area contributed by atoms with Gasteiger partial charge in [-0.25, -0.2) is 8.78 Å². The molecule has 0 aliphatic rings. The smallest absolute Gasteiger partial charge is 0.328 e. The first kappa shape index (κ1) is 13.2. The summed E-state index contributed by atoms with van der Waals surface area (Å²) in [5, 5.41) is 0. The number of hydrogen-bond donors (Lipinski definition) is 1. The number of carbonyl (C=O) groups is 1. The van der Waals surface area contributed by atoms with Crippen molar-refractivity contribution >= 4 is 18.4 Å². The normalized spacial score (nSPS) is 12.1. The molecule has 0 amide bonds. The number of halogens is 3. The van der Waals surface area contributed by atoms with Crippen LogP contribution in [-0.4, -0.2) is 25.0 Å². The fourth-order valence-electron chi connectivity index (χ4n) is 0.341. The summed E-state index contributed by atoms with van der Waals surface area (Å²) in [6.45, 7) is 1.59. The molecule has 0 aromatic carbocycles. The molecular formula is C5H10ClF2NO2. The molecule has 0 aromatic rings. The Hall–Kier alpha value is -0.420. The summed E-state index contributed by atoms with van der Waals surface area (Å²) < 4.78 is 27.4. The Morgan fingerprint density at radius 1 is 1.64 bits per heavy atom. The second kappa shape index (κ2) is 6.30. The Labute approximate surface area is 69.3 Å². The SMILES string of the molecule is CCOC(=O)[C@@H](N)C(F)F.Cl. The lowest BCUT2D eigenvalue weighted by atomic mass is 10.3. The fraction of sp³-hybridized carbons (Fsp3) is 0.800. The Morgan fingerprint density at radius 2 is 2.09 bits per heavy atom. The summed E-state index contributed by atoms with van der Waals surface area (Å²) >= 11 is 0. The van der Waals surface area contributed by atoms with Crippen molar-refractivity contribution in [3.05, 3.63) is 0 Å². The van der Waals surface area contributed by atoms with Crippen molar-refractivity contribution < 1.29 is 18.3 Å². The van der Waals surface area contributed by atoms with Crippen LogP contribution in [0.4, 0.5) is 8.78 Å². The summed E-state index contributed by atoms with van der Waals surface area (Å²) in [6.07, 6.45) is -2.85. The molecule has 2 N–H and O–H groups in total. The van der Waals surface area contributed by atoms with Crippen LogP contribution in [0.25, 0.3) is 0 Å². The highest BCUT2D eigenvalue weighted by Gasteiger charge is 2.24. The van der Waals surface area contributed by atoms with Gasteiger partial charge in [-0.05, 0) is 6.92 Å². The lowest BCUT2D eigenvalue weighted by Crippen LogP contribution is -2.38. The second-order valence-corrected chi connectivity index (χ2v) is 1.61. The van der Waals surface area contributed by atoms with Crippen LogP contribution in [0.15, 0.2) is 0 Å². The van der Waals surface area contributed by atoms with Crippen LogP contribution >= 0.6 is 12.4 Å². The summed E-state index contributed by atoms with van der Waals surface area (Å²) in [6, 6.07) is -1.81. The Morgan fingerprint density at radius 3 is 2.36 bits per heavy atom. The van der Waals surface area contributed by atoms with Crippen molar-refractivity contribution in [2.24, 2.45) is 5.73 Å².